The summed E-state index contributed by atoms with van der Waals surface area (Å²) in [5.41, 5.74) is 0.513. The van der Waals surface area contributed by atoms with Crippen molar-refractivity contribution in [3.05, 3.63) is 64.1 Å². The van der Waals surface area contributed by atoms with Crippen LogP contribution in [0.3, 0.4) is 0 Å². The quantitative estimate of drug-likeness (QED) is 0.549. The number of nitrogens with zero attached hydrogens (tertiary/aromatic N) is 3. The van der Waals surface area contributed by atoms with Crippen molar-refractivity contribution in [2.45, 2.75) is 26.6 Å². The molecule has 0 bridgehead atoms. The lowest BCUT2D eigenvalue weighted by Gasteiger charge is -2.13. The van der Waals surface area contributed by atoms with E-state index < -0.39 is 17.6 Å². The lowest BCUT2D eigenvalue weighted by Crippen LogP contribution is -2.23. The Kier molecular flexibility index (Phi) is 6.93. The van der Waals surface area contributed by atoms with Crippen LogP contribution < -0.4 is 14.8 Å². The Balaban J connectivity index is 1.75. The Labute approximate surface area is 187 Å². The lowest BCUT2D eigenvalue weighted by atomic mass is 10.2. The van der Waals surface area contributed by atoms with Crippen LogP contribution in [0.4, 0.5) is 13.2 Å². The number of amides is 1. The number of ether oxygens (including phenoxy) is 2. The van der Waals surface area contributed by atoms with Crippen LogP contribution in [0.5, 0.6) is 11.5 Å². The van der Waals surface area contributed by atoms with Crippen molar-refractivity contribution in [3.8, 4) is 17.3 Å². The molecule has 32 heavy (non-hydrogen) atoms. The van der Waals surface area contributed by atoms with Gasteiger partial charge in [0.15, 0.2) is 17.3 Å². The monoisotopic (exact) mass is 468 g/mol. The van der Waals surface area contributed by atoms with Crippen LogP contribution in [0.1, 0.15) is 34.1 Å². The van der Waals surface area contributed by atoms with Crippen molar-refractivity contribution < 1.29 is 27.4 Å². The molecule has 0 unspecified atom stereocenters. The van der Waals surface area contributed by atoms with Crippen LogP contribution in [0.2, 0.25) is 5.02 Å². The summed E-state index contributed by atoms with van der Waals surface area (Å²) in [4.78, 5) is 16.5. The first-order valence-electron chi connectivity index (χ1n) is 9.51. The van der Waals surface area contributed by atoms with Crippen molar-refractivity contribution in [1.29, 1.82) is 0 Å². The lowest BCUT2D eigenvalue weighted by molar-refractivity contribution is -0.137. The highest BCUT2D eigenvalue weighted by Crippen LogP contribution is 2.36. The molecule has 2 heterocycles. The van der Waals surface area contributed by atoms with Crippen LogP contribution in [0.15, 0.2) is 36.7 Å². The fraction of sp³-hybridized carbons (Fsp3) is 0.286. The summed E-state index contributed by atoms with van der Waals surface area (Å²) in [5, 5.41) is 7.20. The summed E-state index contributed by atoms with van der Waals surface area (Å²) in [7, 11) is 1.49. The Morgan fingerprint density at radius 2 is 2.00 bits per heavy atom. The molecular formula is C21H20ClF3N4O3. The highest BCUT2D eigenvalue weighted by molar-refractivity contribution is 6.32. The normalized spacial score (nSPS) is 11.3. The number of nitrogens with one attached hydrogen (secondary N) is 1. The molecule has 1 aromatic carbocycles. The third-order valence-corrected chi connectivity index (χ3v) is 4.86. The zero-order valence-electron chi connectivity index (χ0n) is 17.5. The van der Waals surface area contributed by atoms with E-state index in [1.807, 2.05) is 6.92 Å². The van der Waals surface area contributed by atoms with Gasteiger partial charge in [-0.2, -0.15) is 18.3 Å². The standard InChI is InChI=1S/C21H20ClF3N4O3/c1-4-32-19-16(22)7-13(8-17(19)31-3)9-27-20(30)15-11-28-29(12(15)2)18-6-5-14(10-26-18)21(23,24)25/h5-8,10-11H,4,9H2,1-3H3,(H,27,30). The van der Waals surface area contributed by atoms with E-state index in [0.29, 0.717) is 34.4 Å². The fourth-order valence-electron chi connectivity index (χ4n) is 2.98. The molecule has 3 rings (SSSR count). The maximum atomic E-state index is 12.7. The van der Waals surface area contributed by atoms with Gasteiger partial charge in [-0.1, -0.05) is 11.6 Å². The maximum Gasteiger partial charge on any atom is 0.417 e. The minimum absolute atomic E-state index is 0.157. The molecule has 0 radical (unpaired) electrons. The second-order valence-corrected chi connectivity index (χ2v) is 7.09. The van der Waals surface area contributed by atoms with E-state index in [9.17, 15) is 18.0 Å². The minimum atomic E-state index is -4.48. The van der Waals surface area contributed by atoms with Gasteiger partial charge in [-0.25, -0.2) is 9.67 Å². The summed E-state index contributed by atoms with van der Waals surface area (Å²) in [6, 6.07) is 5.47. The topological polar surface area (TPSA) is 78.3 Å². The molecule has 7 nitrogen and oxygen atoms in total. The van der Waals surface area contributed by atoms with Crippen molar-refractivity contribution in [3.63, 3.8) is 0 Å². The first kappa shape index (κ1) is 23.4. The molecule has 0 aliphatic rings. The van der Waals surface area contributed by atoms with Gasteiger partial charge in [-0.3, -0.25) is 4.79 Å². The van der Waals surface area contributed by atoms with E-state index in [-0.39, 0.29) is 17.9 Å². The molecule has 11 heteroatoms. The zero-order valence-corrected chi connectivity index (χ0v) is 18.2. The predicted molar refractivity (Wildman–Crippen MR) is 111 cm³/mol. The molecule has 0 saturated carbocycles. The summed E-state index contributed by atoms with van der Waals surface area (Å²) in [5.74, 6) is 0.621. The van der Waals surface area contributed by atoms with E-state index in [1.54, 1.807) is 19.1 Å². The number of aromatic nitrogens is 3. The molecule has 0 aliphatic carbocycles. The van der Waals surface area contributed by atoms with Crippen LogP contribution in [0.25, 0.3) is 5.82 Å². The van der Waals surface area contributed by atoms with E-state index in [0.717, 1.165) is 12.3 Å². The van der Waals surface area contributed by atoms with Crippen LogP contribution in [0, 0.1) is 6.92 Å². The van der Waals surface area contributed by atoms with Gasteiger partial charge in [0.05, 0.1) is 41.8 Å². The summed E-state index contributed by atoms with van der Waals surface area (Å²) in [6.45, 7) is 4.03. The van der Waals surface area contributed by atoms with Gasteiger partial charge in [0, 0.05) is 12.7 Å². The molecule has 1 N–H and O–H groups in total. The Morgan fingerprint density at radius 3 is 2.59 bits per heavy atom. The second kappa shape index (κ2) is 9.47. The highest BCUT2D eigenvalue weighted by atomic mass is 35.5. The fourth-order valence-corrected chi connectivity index (χ4v) is 3.27. The number of carbonyl (C=O) groups excluding carboxylic acids is 1. The van der Waals surface area contributed by atoms with Gasteiger partial charge < -0.3 is 14.8 Å². The van der Waals surface area contributed by atoms with Gasteiger partial charge in [0.25, 0.3) is 5.91 Å². The number of hydrogen-bond donors (Lipinski definition) is 1. The van der Waals surface area contributed by atoms with Crippen LogP contribution in [-0.4, -0.2) is 34.4 Å². The number of rotatable bonds is 7. The number of hydrogen-bond acceptors (Lipinski definition) is 5. The van der Waals surface area contributed by atoms with Gasteiger partial charge in [0.1, 0.15) is 0 Å². The molecule has 170 valence electrons. The molecule has 0 spiro atoms. The predicted octanol–water partition coefficient (Wildman–Crippen LogP) is 4.59. The number of methoxy groups -OCH3 is 1. The third kappa shape index (κ3) is 4.96. The van der Waals surface area contributed by atoms with Crippen molar-refractivity contribution in [2.24, 2.45) is 0 Å². The number of alkyl halides is 3. The number of benzene rings is 1. The van der Waals surface area contributed by atoms with E-state index in [4.69, 9.17) is 21.1 Å². The van der Waals surface area contributed by atoms with E-state index >= 15 is 0 Å². The second-order valence-electron chi connectivity index (χ2n) is 6.68. The molecule has 3 aromatic rings. The van der Waals surface area contributed by atoms with Crippen molar-refractivity contribution >= 4 is 17.5 Å². The minimum Gasteiger partial charge on any atom is -0.493 e. The first-order chi connectivity index (χ1) is 15.2. The summed E-state index contributed by atoms with van der Waals surface area (Å²) >= 11 is 6.25. The summed E-state index contributed by atoms with van der Waals surface area (Å²) in [6.07, 6.45) is -2.43. The van der Waals surface area contributed by atoms with E-state index in [2.05, 4.69) is 15.4 Å². The third-order valence-electron chi connectivity index (χ3n) is 4.58. The van der Waals surface area contributed by atoms with E-state index in [1.165, 1.54) is 24.1 Å². The molecule has 0 fully saturated rings. The van der Waals surface area contributed by atoms with Crippen molar-refractivity contribution in [1.82, 2.24) is 20.1 Å². The zero-order chi connectivity index (χ0) is 23.5. The van der Waals surface area contributed by atoms with Gasteiger partial charge in [0.2, 0.25) is 0 Å². The molecule has 2 aromatic heterocycles. The number of halogens is 4. The van der Waals surface area contributed by atoms with Crippen LogP contribution in [-0.2, 0) is 12.7 Å². The highest BCUT2D eigenvalue weighted by Gasteiger charge is 2.30. The number of carbonyl (C=O) groups is 1. The SMILES string of the molecule is CCOc1c(Cl)cc(CNC(=O)c2cnn(-c3ccc(C(F)(F)F)cn3)c2C)cc1OC. The average Bonchev–Trinajstić information content (AvgIpc) is 3.14. The Morgan fingerprint density at radius 1 is 1.25 bits per heavy atom. The Hall–Kier alpha value is -3.27. The first-order valence-corrected chi connectivity index (χ1v) is 9.89. The average molecular weight is 469 g/mol. The van der Waals surface area contributed by atoms with Gasteiger partial charge >= 0.3 is 6.18 Å². The molecule has 1 amide bonds. The van der Waals surface area contributed by atoms with Gasteiger partial charge in [-0.05, 0) is 43.7 Å². The maximum absolute atomic E-state index is 12.7. The van der Waals surface area contributed by atoms with Gasteiger partial charge in [-0.15, -0.1) is 0 Å². The largest absolute Gasteiger partial charge is 0.493 e. The molecular weight excluding hydrogens is 449 g/mol. The molecule has 0 aliphatic heterocycles. The Bertz CT molecular complexity index is 1110. The molecule has 0 atom stereocenters. The van der Waals surface area contributed by atoms with Crippen LogP contribution >= 0.6 is 11.6 Å². The number of pyridine rings is 1. The smallest absolute Gasteiger partial charge is 0.417 e. The molecule has 0 saturated heterocycles. The van der Waals surface area contributed by atoms with Crippen molar-refractivity contribution in [2.75, 3.05) is 13.7 Å². The summed E-state index contributed by atoms with van der Waals surface area (Å²) < 4.78 is 50.3.